The molecule has 0 radical (unpaired) electrons. The lowest BCUT2D eigenvalue weighted by Crippen LogP contribution is -2.43. The van der Waals surface area contributed by atoms with Crippen molar-refractivity contribution in [1.82, 2.24) is 4.72 Å². The number of aliphatic hydroxyl groups excluding tert-OH is 1. The number of sulfonamides is 1. The van der Waals surface area contributed by atoms with Crippen LogP contribution < -0.4 is 10.5 Å². The van der Waals surface area contributed by atoms with Gasteiger partial charge in [-0.25, -0.2) is 17.5 Å². The van der Waals surface area contributed by atoms with Crippen molar-refractivity contribution in [3.8, 4) is 0 Å². The third-order valence-electron chi connectivity index (χ3n) is 3.76. The monoisotopic (exact) mass is 336 g/mol. The topological polar surface area (TPSA) is 92.4 Å². The number of halogens is 2. The van der Waals surface area contributed by atoms with E-state index in [-0.39, 0.29) is 23.2 Å². The van der Waals surface area contributed by atoms with Crippen LogP contribution in [0.4, 0.5) is 10.1 Å². The predicted octanol–water partition coefficient (Wildman–Crippen LogP) is 1.89. The van der Waals surface area contributed by atoms with Crippen molar-refractivity contribution in [2.24, 2.45) is 5.92 Å². The second kappa shape index (κ2) is 6.48. The summed E-state index contributed by atoms with van der Waals surface area (Å²) in [6.45, 7) is -0.104. The maximum absolute atomic E-state index is 14.0. The summed E-state index contributed by atoms with van der Waals surface area (Å²) in [5.41, 5.74) is 5.60. The second-order valence-electron chi connectivity index (χ2n) is 5.27. The normalized spacial score (nSPS) is 23.2. The third-order valence-corrected chi connectivity index (χ3v) is 5.52. The molecule has 0 saturated heterocycles. The molecule has 2 rings (SSSR count). The lowest BCUT2D eigenvalue weighted by Gasteiger charge is -2.30. The van der Waals surface area contributed by atoms with E-state index in [1.54, 1.807) is 0 Å². The second-order valence-corrected chi connectivity index (χ2v) is 7.36. The van der Waals surface area contributed by atoms with Crippen molar-refractivity contribution in [2.45, 2.75) is 36.6 Å². The number of anilines is 1. The average Bonchev–Trinajstić information content (AvgIpc) is 2.43. The molecule has 1 aliphatic carbocycles. The molecule has 0 heterocycles. The van der Waals surface area contributed by atoms with Gasteiger partial charge in [0.1, 0.15) is 4.90 Å². The van der Waals surface area contributed by atoms with Crippen LogP contribution in [-0.4, -0.2) is 26.2 Å². The molecule has 2 unspecified atom stereocenters. The fourth-order valence-electron chi connectivity index (χ4n) is 2.62. The largest absolute Gasteiger partial charge is 0.399 e. The number of hydrogen-bond donors (Lipinski definition) is 3. The van der Waals surface area contributed by atoms with E-state index >= 15 is 0 Å². The van der Waals surface area contributed by atoms with Crippen molar-refractivity contribution < 1.29 is 17.9 Å². The summed E-state index contributed by atoms with van der Waals surface area (Å²) < 4.78 is 41.1. The van der Waals surface area contributed by atoms with E-state index in [1.165, 1.54) is 0 Å². The molecule has 5 nitrogen and oxygen atoms in total. The molecule has 1 aromatic carbocycles. The van der Waals surface area contributed by atoms with E-state index in [4.69, 9.17) is 17.3 Å². The molecular weight excluding hydrogens is 319 g/mol. The van der Waals surface area contributed by atoms with Gasteiger partial charge in [0.25, 0.3) is 0 Å². The molecule has 1 fully saturated rings. The zero-order valence-electron chi connectivity index (χ0n) is 11.4. The first kappa shape index (κ1) is 16.5. The van der Waals surface area contributed by atoms with Gasteiger partial charge in [0.2, 0.25) is 10.0 Å². The molecule has 118 valence electrons. The lowest BCUT2D eigenvalue weighted by molar-refractivity contribution is 0.164. The minimum atomic E-state index is -4.08. The van der Waals surface area contributed by atoms with Gasteiger partial charge in [-0.3, -0.25) is 0 Å². The molecule has 0 amide bonds. The summed E-state index contributed by atoms with van der Waals surface area (Å²) in [7, 11) is -4.08. The SMILES string of the molecule is Nc1cc(Cl)c(F)c(S(=O)(=O)NC2CCCCC2CO)c1. The standard InChI is InChI=1S/C13H18ClFN2O3S/c14-10-5-9(16)6-12(13(10)15)21(19,20)17-11-4-2-1-3-8(11)7-18/h5-6,8,11,17-18H,1-4,7,16H2. The first-order valence-corrected chi connectivity index (χ1v) is 8.59. The fraction of sp³-hybridized carbons (Fsp3) is 0.538. The summed E-state index contributed by atoms with van der Waals surface area (Å²) in [5.74, 6) is -1.18. The maximum atomic E-state index is 14.0. The Bertz CT molecular complexity index is 624. The van der Waals surface area contributed by atoms with E-state index in [9.17, 15) is 17.9 Å². The van der Waals surface area contributed by atoms with Gasteiger partial charge in [-0.1, -0.05) is 24.4 Å². The summed E-state index contributed by atoms with van der Waals surface area (Å²) in [5, 5.41) is 8.99. The molecule has 8 heteroatoms. The number of nitrogens with two attached hydrogens (primary N) is 1. The smallest absolute Gasteiger partial charge is 0.243 e. The Labute approximate surface area is 128 Å². The number of nitrogens with one attached hydrogen (secondary N) is 1. The predicted molar refractivity (Wildman–Crippen MR) is 79.0 cm³/mol. The van der Waals surface area contributed by atoms with Crippen molar-refractivity contribution in [3.05, 3.63) is 23.0 Å². The van der Waals surface area contributed by atoms with Crippen LogP contribution >= 0.6 is 11.6 Å². The van der Waals surface area contributed by atoms with Gasteiger partial charge in [0.05, 0.1) is 5.02 Å². The molecule has 2 atom stereocenters. The molecule has 1 aromatic rings. The third kappa shape index (κ3) is 3.66. The zero-order chi connectivity index (χ0) is 15.6. The molecule has 0 aromatic heterocycles. The highest BCUT2D eigenvalue weighted by molar-refractivity contribution is 7.89. The summed E-state index contributed by atoms with van der Waals surface area (Å²) in [6.07, 6.45) is 3.16. The Morgan fingerprint density at radius 2 is 2.05 bits per heavy atom. The number of benzene rings is 1. The van der Waals surface area contributed by atoms with Gasteiger partial charge in [0.15, 0.2) is 5.82 Å². The Balaban J connectivity index is 2.30. The van der Waals surface area contributed by atoms with E-state index < -0.39 is 26.8 Å². The van der Waals surface area contributed by atoms with E-state index in [1.807, 2.05) is 0 Å². The molecule has 1 aliphatic rings. The van der Waals surface area contributed by atoms with Crippen molar-refractivity contribution in [3.63, 3.8) is 0 Å². The van der Waals surface area contributed by atoms with Crippen LogP contribution in [0.15, 0.2) is 17.0 Å². The van der Waals surface area contributed by atoms with E-state index in [2.05, 4.69) is 4.72 Å². The molecular formula is C13H18ClFN2O3S. The van der Waals surface area contributed by atoms with Crippen LogP contribution in [0.25, 0.3) is 0 Å². The van der Waals surface area contributed by atoms with Crippen LogP contribution in [0.2, 0.25) is 5.02 Å². The Morgan fingerprint density at radius 1 is 1.38 bits per heavy atom. The highest BCUT2D eigenvalue weighted by Crippen LogP contribution is 2.29. The minimum Gasteiger partial charge on any atom is -0.399 e. The average molecular weight is 337 g/mol. The molecule has 21 heavy (non-hydrogen) atoms. The van der Waals surface area contributed by atoms with Crippen LogP contribution in [-0.2, 0) is 10.0 Å². The Kier molecular flexibility index (Phi) is 5.08. The Hall–Kier alpha value is -0.890. The van der Waals surface area contributed by atoms with E-state index in [0.29, 0.717) is 6.42 Å². The van der Waals surface area contributed by atoms with Crippen LogP contribution in [0.5, 0.6) is 0 Å². The van der Waals surface area contributed by atoms with Gasteiger partial charge in [-0.05, 0) is 30.9 Å². The highest BCUT2D eigenvalue weighted by atomic mass is 35.5. The molecule has 0 bridgehead atoms. The highest BCUT2D eigenvalue weighted by Gasteiger charge is 2.31. The van der Waals surface area contributed by atoms with Crippen LogP contribution in [0.3, 0.4) is 0 Å². The first-order chi connectivity index (χ1) is 9.85. The first-order valence-electron chi connectivity index (χ1n) is 6.73. The van der Waals surface area contributed by atoms with Gasteiger partial charge >= 0.3 is 0 Å². The summed E-state index contributed by atoms with van der Waals surface area (Å²) in [6, 6.07) is 1.79. The number of rotatable bonds is 4. The van der Waals surface area contributed by atoms with E-state index in [0.717, 1.165) is 31.4 Å². The molecule has 0 aliphatic heterocycles. The quantitative estimate of drug-likeness (QED) is 0.732. The van der Waals surface area contributed by atoms with Gasteiger partial charge in [-0.15, -0.1) is 0 Å². The number of nitrogen functional groups attached to an aromatic ring is 1. The minimum absolute atomic E-state index is 0.0733. The van der Waals surface area contributed by atoms with Crippen molar-refractivity contribution >= 4 is 27.3 Å². The summed E-state index contributed by atoms with van der Waals surface area (Å²) in [4.78, 5) is -0.560. The molecule has 4 N–H and O–H groups in total. The molecule has 0 spiro atoms. The van der Waals surface area contributed by atoms with Gasteiger partial charge < -0.3 is 10.8 Å². The van der Waals surface area contributed by atoms with Crippen LogP contribution in [0, 0.1) is 11.7 Å². The van der Waals surface area contributed by atoms with Gasteiger partial charge in [-0.2, -0.15) is 0 Å². The maximum Gasteiger partial charge on any atom is 0.243 e. The Morgan fingerprint density at radius 3 is 2.71 bits per heavy atom. The summed E-state index contributed by atoms with van der Waals surface area (Å²) >= 11 is 5.64. The fourth-order valence-corrected chi connectivity index (χ4v) is 4.38. The molecule has 1 saturated carbocycles. The number of aliphatic hydroxyl groups is 1. The lowest BCUT2D eigenvalue weighted by atomic mass is 9.86. The van der Waals surface area contributed by atoms with Crippen molar-refractivity contribution in [2.75, 3.05) is 12.3 Å². The zero-order valence-corrected chi connectivity index (χ0v) is 12.9. The number of hydrogen-bond acceptors (Lipinski definition) is 4. The van der Waals surface area contributed by atoms with Crippen molar-refractivity contribution in [1.29, 1.82) is 0 Å². The van der Waals surface area contributed by atoms with Crippen LogP contribution in [0.1, 0.15) is 25.7 Å². The van der Waals surface area contributed by atoms with Gasteiger partial charge in [0, 0.05) is 18.3 Å².